The van der Waals surface area contributed by atoms with Crippen LogP contribution < -0.4 is 15.4 Å². The van der Waals surface area contributed by atoms with E-state index in [0.29, 0.717) is 17.4 Å². The molecule has 2 aromatic carbocycles. The monoisotopic (exact) mass is 400 g/mol. The van der Waals surface area contributed by atoms with E-state index in [2.05, 4.69) is 20.8 Å². The van der Waals surface area contributed by atoms with Gasteiger partial charge in [0.15, 0.2) is 4.34 Å². The zero-order valence-electron chi connectivity index (χ0n) is 15.1. The van der Waals surface area contributed by atoms with Crippen molar-refractivity contribution < 1.29 is 9.53 Å². The first-order valence-electron chi connectivity index (χ1n) is 8.32. The molecule has 2 N–H and O–H groups in total. The van der Waals surface area contributed by atoms with Gasteiger partial charge in [-0.15, -0.1) is 10.2 Å². The van der Waals surface area contributed by atoms with E-state index in [0.717, 1.165) is 21.3 Å². The Morgan fingerprint density at radius 1 is 1.11 bits per heavy atom. The van der Waals surface area contributed by atoms with E-state index in [1.54, 1.807) is 7.11 Å². The second kappa shape index (κ2) is 9.38. The highest BCUT2D eigenvalue weighted by molar-refractivity contribution is 8.01. The number of methoxy groups -OCH3 is 1. The van der Waals surface area contributed by atoms with E-state index in [-0.39, 0.29) is 5.91 Å². The van der Waals surface area contributed by atoms with Gasteiger partial charge in [-0.05, 0) is 36.8 Å². The molecule has 0 saturated heterocycles. The molecule has 0 aliphatic heterocycles. The van der Waals surface area contributed by atoms with Crippen LogP contribution in [-0.4, -0.2) is 29.0 Å². The summed E-state index contributed by atoms with van der Waals surface area (Å²) in [6, 6.07) is 15.7. The minimum Gasteiger partial charge on any atom is -0.497 e. The summed E-state index contributed by atoms with van der Waals surface area (Å²) in [4.78, 5) is 12.0. The zero-order valence-corrected chi connectivity index (χ0v) is 16.7. The van der Waals surface area contributed by atoms with E-state index in [4.69, 9.17) is 4.74 Å². The number of thioether (sulfide) groups is 1. The number of carbonyl (C=O) groups is 1. The average Bonchev–Trinajstić information content (AvgIpc) is 3.14. The van der Waals surface area contributed by atoms with Crippen molar-refractivity contribution >= 4 is 39.8 Å². The lowest BCUT2D eigenvalue weighted by Crippen LogP contribution is -2.24. The van der Waals surface area contributed by atoms with Gasteiger partial charge in [0.2, 0.25) is 11.0 Å². The van der Waals surface area contributed by atoms with Gasteiger partial charge < -0.3 is 15.4 Å². The van der Waals surface area contributed by atoms with Crippen molar-refractivity contribution in [1.82, 2.24) is 15.5 Å². The Kier molecular flexibility index (Phi) is 6.67. The van der Waals surface area contributed by atoms with Crippen LogP contribution in [0.1, 0.15) is 11.1 Å². The molecule has 0 fully saturated rings. The van der Waals surface area contributed by atoms with Gasteiger partial charge in [-0.2, -0.15) is 0 Å². The van der Waals surface area contributed by atoms with Gasteiger partial charge >= 0.3 is 0 Å². The third-order valence-electron chi connectivity index (χ3n) is 3.68. The Hall–Kier alpha value is -2.58. The van der Waals surface area contributed by atoms with Crippen LogP contribution in [0, 0.1) is 6.92 Å². The molecular formula is C19H20N4O2S2. The Labute approximate surface area is 166 Å². The average molecular weight is 401 g/mol. The molecule has 0 saturated carbocycles. The van der Waals surface area contributed by atoms with Gasteiger partial charge in [0, 0.05) is 12.2 Å². The minimum absolute atomic E-state index is 0.0425. The Morgan fingerprint density at radius 2 is 1.85 bits per heavy atom. The maximum absolute atomic E-state index is 12.0. The largest absolute Gasteiger partial charge is 0.497 e. The third-order valence-corrected chi connectivity index (χ3v) is 5.66. The number of aryl methyl sites for hydroxylation is 1. The van der Waals surface area contributed by atoms with Gasteiger partial charge in [-0.1, -0.05) is 52.9 Å². The van der Waals surface area contributed by atoms with Crippen molar-refractivity contribution in [3.63, 3.8) is 0 Å². The first kappa shape index (κ1) is 19.2. The number of carbonyl (C=O) groups excluding carboxylic acids is 1. The number of nitrogens with one attached hydrogen (secondary N) is 2. The third kappa shape index (κ3) is 5.97. The molecule has 3 rings (SSSR count). The molecule has 0 aliphatic carbocycles. The second-order valence-electron chi connectivity index (χ2n) is 5.78. The first-order valence-corrected chi connectivity index (χ1v) is 10.1. The summed E-state index contributed by atoms with van der Waals surface area (Å²) >= 11 is 2.80. The number of aromatic nitrogens is 2. The smallest absolute Gasteiger partial charge is 0.230 e. The highest BCUT2D eigenvalue weighted by atomic mass is 32.2. The number of ether oxygens (including phenoxy) is 1. The van der Waals surface area contributed by atoms with Crippen molar-refractivity contribution in [2.75, 3.05) is 18.2 Å². The van der Waals surface area contributed by atoms with Crippen LogP contribution in [0.15, 0.2) is 52.9 Å². The molecule has 8 heteroatoms. The number of amides is 1. The summed E-state index contributed by atoms with van der Waals surface area (Å²) in [5.74, 6) is 1.06. The van der Waals surface area contributed by atoms with Crippen molar-refractivity contribution in [1.29, 1.82) is 0 Å². The molecule has 0 aliphatic rings. The molecule has 1 amide bonds. The summed E-state index contributed by atoms with van der Waals surface area (Å²) in [6.07, 6.45) is 0. The van der Waals surface area contributed by atoms with Crippen LogP contribution in [0.5, 0.6) is 5.75 Å². The molecular weight excluding hydrogens is 380 g/mol. The van der Waals surface area contributed by atoms with Crippen LogP contribution in [-0.2, 0) is 11.3 Å². The summed E-state index contributed by atoms with van der Waals surface area (Å²) in [6.45, 7) is 2.53. The fraction of sp³-hybridized carbons (Fsp3) is 0.211. The number of rotatable bonds is 8. The summed E-state index contributed by atoms with van der Waals surface area (Å²) < 4.78 is 5.87. The van der Waals surface area contributed by atoms with Crippen LogP contribution in [0.25, 0.3) is 0 Å². The molecule has 0 spiro atoms. The van der Waals surface area contributed by atoms with Crippen LogP contribution in [0.4, 0.5) is 10.8 Å². The highest BCUT2D eigenvalue weighted by Crippen LogP contribution is 2.27. The molecule has 6 nitrogen and oxygen atoms in total. The predicted molar refractivity (Wildman–Crippen MR) is 110 cm³/mol. The van der Waals surface area contributed by atoms with E-state index in [9.17, 15) is 4.79 Å². The standard InChI is InChI=1S/C19H20N4O2S2/c1-13-3-7-15(8-4-13)21-18-22-23-19(27-18)26-12-17(24)20-11-14-5-9-16(25-2)10-6-14/h3-10H,11-12H2,1-2H3,(H,20,24)(H,21,22). The molecule has 0 atom stereocenters. The summed E-state index contributed by atoms with van der Waals surface area (Å²) in [7, 11) is 1.63. The van der Waals surface area contributed by atoms with Gasteiger partial charge in [-0.3, -0.25) is 4.79 Å². The van der Waals surface area contributed by atoms with Gasteiger partial charge in [0.25, 0.3) is 0 Å². The van der Waals surface area contributed by atoms with E-state index < -0.39 is 0 Å². The normalized spacial score (nSPS) is 10.4. The van der Waals surface area contributed by atoms with E-state index in [1.165, 1.54) is 28.7 Å². The second-order valence-corrected chi connectivity index (χ2v) is 7.98. The van der Waals surface area contributed by atoms with Crippen LogP contribution >= 0.6 is 23.1 Å². The Morgan fingerprint density at radius 3 is 2.56 bits per heavy atom. The Balaban J connectivity index is 1.43. The van der Waals surface area contributed by atoms with Crippen molar-refractivity contribution in [3.8, 4) is 5.75 Å². The maximum atomic E-state index is 12.0. The molecule has 140 valence electrons. The van der Waals surface area contributed by atoms with Crippen molar-refractivity contribution in [2.24, 2.45) is 0 Å². The fourth-order valence-electron chi connectivity index (χ4n) is 2.20. The number of hydrogen-bond donors (Lipinski definition) is 2. The Bertz CT molecular complexity index is 879. The number of nitrogens with zero attached hydrogens (tertiary/aromatic N) is 2. The number of anilines is 2. The summed E-state index contributed by atoms with van der Waals surface area (Å²) in [5, 5.41) is 15.1. The lowest BCUT2D eigenvalue weighted by atomic mass is 10.2. The van der Waals surface area contributed by atoms with E-state index >= 15 is 0 Å². The fourth-order valence-corrected chi connectivity index (χ4v) is 3.80. The van der Waals surface area contributed by atoms with Crippen LogP contribution in [0.3, 0.4) is 0 Å². The highest BCUT2D eigenvalue weighted by Gasteiger charge is 2.08. The molecule has 0 bridgehead atoms. The quantitative estimate of drug-likeness (QED) is 0.557. The molecule has 1 aromatic heterocycles. The van der Waals surface area contributed by atoms with Crippen molar-refractivity contribution in [3.05, 3.63) is 59.7 Å². The number of hydrogen-bond acceptors (Lipinski definition) is 7. The molecule has 0 unspecified atom stereocenters. The molecule has 0 radical (unpaired) electrons. The first-order chi connectivity index (χ1) is 13.1. The van der Waals surface area contributed by atoms with Gasteiger partial charge in [-0.25, -0.2) is 0 Å². The topological polar surface area (TPSA) is 76.1 Å². The van der Waals surface area contributed by atoms with Crippen LogP contribution in [0.2, 0.25) is 0 Å². The summed E-state index contributed by atoms with van der Waals surface area (Å²) in [5.41, 5.74) is 3.19. The molecule has 3 aromatic rings. The maximum Gasteiger partial charge on any atom is 0.230 e. The number of benzene rings is 2. The SMILES string of the molecule is COc1ccc(CNC(=O)CSc2nnc(Nc3ccc(C)cc3)s2)cc1. The lowest BCUT2D eigenvalue weighted by Gasteiger charge is -2.05. The van der Waals surface area contributed by atoms with E-state index in [1.807, 2.05) is 55.5 Å². The van der Waals surface area contributed by atoms with Crippen molar-refractivity contribution in [2.45, 2.75) is 17.8 Å². The van der Waals surface area contributed by atoms with Gasteiger partial charge in [0.1, 0.15) is 5.75 Å². The predicted octanol–water partition coefficient (Wildman–Crippen LogP) is 4.01. The van der Waals surface area contributed by atoms with Gasteiger partial charge in [0.05, 0.1) is 12.9 Å². The molecule has 27 heavy (non-hydrogen) atoms. The zero-order chi connectivity index (χ0) is 19.1. The lowest BCUT2D eigenvalue weighted by molar-refractivity contribution is -0.118. The molecule has 1 heterocycles. The minimum atomic E-state index is -0.0425.